The number of fused-ring (bicyclic) bond motifs is 4. The van der Waals surface area contributed by atoms with Gasteiger partial charge in [0.2, 0.25) is 0 Å². The Balaban J connectivity index is 1.57. The van der Waals surface area contributed by atoms with E-state index in [0.717, 1.165) is 35.5 Å². The van der Waals surface area contributed by atoms with Gasteiger partial charge in [0, 0.05) is 0 Å². The Bertz CT molecular complexity index is 432. The summed E-state index contributed by atoms with van der Waals surface area (Å²) in [5.74, 6) is 6.27. The molecule has 0 N–H and O–H groups in total. The van der Waals surface area contributed by atoms with E-state index in [4.69, 9.17) is 0 Å². The minimum absolute atomic E-state index is 0.154. The molecule has 0 nitrogen and oxygen atoms in total. The summed E-state index contributed by atoms with van der Waals surface area (Å²) in [7, 11) is 0.154. The van der Waals surface area contributed by atoms with Crippen molar-refractivity contribution < 1.29 is 0 Å². The highest BCUT2D eigenvalue weighted by Crippen LogP contribution is 2.71. The molecule has 27 heavy (non-hydrogen) atoms. The number of rotatable bonds is 5. The second kappa shape index (κ2) is 7.93. The molecule has 4 aliphatic rings. The Morgan fingerprint density at radius 2 is 1.04 bits per heavy atom. The van der Waals surface area contributed by atoms with Crippen LogP contribution in [0.2, 0.25) is 0 Å². The molecule has 0 radical (unpaired) electrons. The topological polar surface area (TPSA) is 0 Å². The van der Waals surface area contributed by atoms with Crippen molar-refractivity contribution in [3.8, 4) is 0 Å². The summed E-state index contributed by atoms with van der Waals surface area (Å²) >= 11 is 0. The summed E-state index contributed by atoms with van der Waals surface area (Å²) in [6.07, 6.45) is 20.2. The van der Waals surface area contributed by atoms with Crippen LogP contribution < -0.4 is 0 Å². The molecule has 156 valence electrons. The van der Waals surface area contributed by atoms with Gasteiger partial charge in [-0.05, 0) is 123 Å². The Hall–Kier alpha value is 0.430. The van der Waals surface area contributed by atoms with Crippen LogP contribution in [-0.2, 0) is 0 Å². The van der Waals surface area contributed by atoms with Gasteiger partial charge in [0.1, 0.15) is 0 Å². The molecule has 4 bridgehead atoms. The van der Waals surface area contributed by atoms with E-state index in [2.05, 4.69) is 34.6 Å². The maximum absolute atomic E-state index is 2.79. The molecule has 0 aromatic rings. The molecule has 0 spiro atoms. The van der Waals surface area contributed by atoms with E-state index in [-0.39, 0.29) is 7.92 Å². The lowest BCUT2D eigenvalue weighted by Gasteiger charge is -2.59. The highest BCUT2D eigenvalue weighted by molar-refractivity contribution is 7.61. The number of hydrogen-bond acceptors (Lipinski definition) is 0. The van der Waals surface area contributed by atoms with E-state index in [0.29, 0.717) is 10.3 Å². The zero-order chi connectivity index (χ0) is 19.2. The first-order valence-electron chi connectivity index (χ1n) is 12.6. The molecule has 4 aliphatic carbocycles. The van der Waals surface area contributed by atoms with Gasteiger partial charge < -0.3 is 0 Å². The fraction of sp³-hybridized carbons (Fsp3) is 1.00. The maximum Gasteiger partial charge on any atom is -0.0113 e. The highest BCUT2D eigenvalue weighted by atomic mass is 31.1. The van der Waals surface area contributed by atoms with E-state index in [1.165, 1.54) is 12.8 Å². The second-order valence-electron chi connectivity index (χ2n) is 12.4. The predicted octanol–water partition coefficient (Wildman–Crippen LogP) is 8.48. The van der Waals surface area contributed by atoms with Crippen LogP contribution in [0.25, 0.3) is 0 Å². The predicted molar refractivity (Wildman–Crippen MR) is 122 cm³/mol. The molecule has 0 aromatic carbocycles. The van der Waals surface area contributed by atoms with Crippen molar-refractivity contribution in [3.05, 3.63) is 0 Å². The summed E-state index contributed by atoms with van der Waals surface area (Å²) < 4.78 is 0. The van der Waals surface area contributed by atoms with Gasteiger partial charge in [0.15, 0.2) is 0 Å². The van der Waals surface area contributed by atoms with E-state index < -0.39 is 0 Å². The van der Waals surface area contributed by atoms with Crippen LogP contribution in [0.3, 0.4) is 0 Å². The molecule has 0 heterocycles. The lowest BCUT2D eigenvalue weighted by molar-refractivity contribution is 0.109. The molecule has 4 unspecified atom stereocenters. The van der Waals surface area contributed by atoms with Crippen LogP contribution in [0.15, 0.2) is 0 Å². The van der Waals surface area contributed by atoms with Gasteiger partial charge in [-0.3, -0.25) is 0 Å². The lowest BCUT2D eigenvalue weighted by Crippen LogP contribution is -2.47. The van der Waals surface area contributed by atoms with Gasteiger partial charge >= 0.3 is 0 Å². The molecule has 4 saturated carbocycles. The van der Waals surface area contributed by atoms with Gasteiger partial charge in [-0.25, -0.2) is 0 Å². The third kappa shape index (κ3) is 4.32. The Labute approximate surface area is 171 Å². The SMILES string of the molecule is CCCCP(C1(C)CC2CC(C)CC(C2)C1)C1(C)CC2CC(C)CC(C2)C1. The minimum atomic E-state index is 0.154. The quantitative estimate of drug-likeness (QED) is 0.413. The monoisotopic (exact) mass is 390 g/mol. The Morgan fingerprint density at radius 3 is 1.37 bits per heavy atom. The third-order valence-corrected chi connectivity index (χ3v) is 13.3. The maximum atomic E-state index is 2.79. The minimum Gasteiger partial charge on any atom is -0.0945 e. The standard InChI is InChI=1S/C26H47P/c1-6-7-8-27(25(4)15-21-9-19(2)10-22(13-21)16-25)26(5)17-23-11-20(3)12-24(14-23)18-26/h19-24H,6-18H2,1-5H3. The van der Waals surface area contributed by atoms with E-state index in [1.54, 1.807) is 70.4 Å². The summed E-state index contributed by atoms with van der Waals surface area (Å²) in [6.45, 7) is 13.1. The van der Waals surface area contributed by atoms with Crippen molar-refractivity contribution in [1.29, 1.82) is 0 Å². The molecule has 4 atom stereocenters. The van der Waals surface area contributed by atoms with Crippen LogP contribution in [0.5, 0.6) is 0 Å². The van der Waals surface area contributed by atoms with Crippen molar-refractivity contribution in [2.45, 2.75) is 122 Å². The average molecular weight is 391 g/mol. The molecular formula is C26H47P. The summed E-state index contributed by atoms with van der Waals surface area (Å²) in [5, 5.41) is 1.40. The molecule has 4 fully saturated rings. The average Bonchev–Trinajstić information content (AvgIpc) is 2.51. The lowest BCUT2D eigenvalue weighted by atomic mass is 9.64. The molecule has 1 heteroatoms. The van der Waals surface area contributed by atoms with Gasteiger partial charge in [-0.2, -0.15) is 0 Å². The summed E-state index contributed by atoms with van der Waals surface area (Å²) in [4.78, 5) is 0. The first kappa shape index (κ1) is 20.7. The largest absolute Gasteiger partial charge is 0.0945 e. The first-order valence-corrected chi connectivity index (χ1v) is 14.1. The fourth-order valence-electron chi connectivity index (χ4n) is 9.07. The number of hydrogen-bond donors (Lipinski definition) is 0. The van der Waals surface area contributed by atoms with Crippen molar-refractivity contribution in [2.24, 2.45) is 35.5 Å². The summed E-state index contributed by atoms with van der Waals surface area (Å²) in [6, 6.07) is 0. The van der Waals surface area contributed by atoms with Crippen molar-refractivity contribution in [3.63, 3.8) is 0 Å². The van der Waals surface area contributed by atoms with Gasteiger partial charge in [0.25, 0.3) is 0 Å². The van der Waals surface area contributed by atoms with Crippen LogP contribution in [0, 0.1) is 35.5 Å². The molecule has 0 amide bonds. The van der Waals surface area contributed by atoms with Crippen LogP contribution in [0.4, 0.5) is 0 Å². The van der Waals surface area contributed by atoms with E-state index in [1.807, 2.05) is 0 Å². The smallest absolute Gasteiger partial charge is 0.0113 e. The zero-order valence-corrected chi connectivity index (χ0v) is 20.0. The molecule has 0 aromatic heterocycles. The Morgan fingerprint density at radius 1 is 0.667 bits per heavy atom. The van der Waals surface area contributed by atoms with Gasteiger partial charge in [-0.1, -0.05) is 49.0 Å². The van der Waals surface area contributed by atoms with E-state index >= 15 is 0 Å². The highest BCUT2D eigenvalue weighted by Gasteiger charge is 2.53. The number of unbranched alkanes of at least 4 members (excludes halogenated alkanes) is 1. The van der Waals surface area contributed by atoms with E-state index in [9.17, 15) is 0 Å². The van der Waals surface area contributed by atoms with Crippen molar-refractivity contribution >= 4 is 7.92 Å². The second-order valence-corrected chi connectivity index (χ2v) is 15.9. The first-order chi connectivity index (χ1) is 12.8. The fourth-order valence-corrected chi connectivity index (χ4v) is 14.0. The molecule has 4 rings (SSSR count). The zero-order valence-electron chi connectivity index (χ0n) is 19.1. The van der Waals surface area contributed by atoms with Crippen LogP contribution >= 0.6 is 7.92 Å². The summed E-state index contributed by atoms with van der Waals surface area (Å²) in [5.41, 5.74) is 0. The third-order valence-electron chi connectivity index (χ3n) is 9.23. The normalized spacial score (nSPS) is 51.0. The van der Waals surface area contributed by atoms with Gasteiger partial charge in [-0.15, -0.1) is 0 Å². The molecule has 0 saturated heterocycles. The Kier molecular flexibility index (Phi) is 6.08. The van der Waals surface area contributed by atoms with Crippen LogP contribution in [-0.4, -0.2) is 16.5 Å². The van der Waals surface area contributed by atoms with Crippen molar-refractivity contribution in [1.82, 2.24) is 0 Å². The van der Waals surface area contributed by atoms with Crippen molar-refractivity contribution in [2.75, 3.05) is 6.16 Å². The van der Waals surface area contributed by atoms with Gasteiger partial charge in [0.05, 0.1) is 0 Å². The molecule has 0 aliphatic heterocycles. The molecular weight excluding hydrogens is 343 g/mol. The van der Waals surface area contributed by atoms with Crippen LogP contribution in [0.1, 0.15) is 112 Å².